The van der Waals surface area contributed by atoms with E-state index in [0.29, 0.717) is 30.0 Å². The van der Waals surface area contributed by atoms with E-state index >= 15 is 0 Å². The van der Waals surface area contributed by atoms with Crippen LogP contribution >= 0.6 is 0 Å². The number of carbonyl (C=O) groups excluding carboxylic acids is 1. The fraction of sp³-hybridized carbons (Fsp3) is 0.200. The summed E-state index contributed by atoms with van der Waals surface area (Å²) >= 11 is 0. The molecule has 0 saturated heterocycles. The lowest BCUT2D eigenvalue weighted by Crippen LogP contribution is -2.25. The molecule has 1 amide bonds. The lowest BCUT2D eigenvalue weighted by molar-refractivity contribution is 0.0954. The summed E-state index contributed by atoms with van der Waals surface area (Å²) in [6.07, 6.45) is 0.691. The Labute approximate surface area is 181 Å². The number of amides is 1. The van der Waals surface area contributed by atoms with Crippen molar-refractivity contribution in [3.63, 3.8) is 0 Å². The summed E-state index contributed by atoms with van der Waals surface area (Å²) in [5, 5.41) is 2.99. The smallest absolute Gasteiger partial charge is 0.251 e. The zero-order valence-corrected chi connectivity index (χ0v) is 17.9. The van der Waals surface area contributed by atoms with Crippen LogP contribution in [0, 0.1) is 6.92 Å². The Morgan fingerprint density at radius 2 is 1.74 bits per heavy atom. The molecule has 6 nitrogen and oxygen atoms in total. The van der Waals surface area contributed by atoms with Crippen molar-refractivity contribution in [2.24, 2.45) is 0 Å². The molecule has 0 atom stereocenters. The van der Waals surface area contributed by atoms with Crippen LogP contribution in [-0.2, 0) is 6.42 Å². The topological polar surface area (TPSA) is 65.4 Å². The van der Waals surface area contributed by atoms with E-state index in [0.717, 1.165) is 28.1 Å². The Bertz CT molecular complexity index is 1220. The fourth-order valence-corrected chi connectivity index (χ4v) is 3.70. The number of rotatable bonds is 7. The third kappa shape index (κ3) is 4.23. The molecule has 0 bridgehead atoms. The second-order valence-corrected chi connectivity index (χ2v) is 7.23. The number of ether oxygens (including phenoxy) is 2. The van der Waals surface area contributed by atoms with E-state index in [-0.39, 0.29) is 5.91 Å². The van der Waals surface area contributed by atoms with Crippen LogP contribution in [0.5, 0.6) is 11.5 Å². The number of para-hydroxylation sites is 1. The Morgan fingerprint density at radius 1 is 0.968 bits per heavy atom. The highest BCUT2D eigenvalue weighted by atomic mass is 16.5. The molecule has 158 valence electrons. The molecule has 1 heterocycles. The van der Waals surface area contributed by atoms with E-state index in [1.165, 1.54) is 0 Å². The molecule has 4 aromatic rings. The molecule has 0 radical (unpaired) electrons. The van der Waals surface area contributed by atoms with Gasteiger partial charge in [-0.3, -0.25) is 9.36 Å². The highest BCUT2D eigenvalue weighted by Crippen LogP contribution is 2.27. The van der Waals surface area contributed by atoms with E-state index in [4.69, 9.17) is 9.47 Å². The summed E-state index contributed by atoms with van der Waals surface area (Å²) in [5.41, 5.74) is 4.48. The fourth-order valence-electron chi connectivity index (χ4n) is 3.70. The maximum Gasteiger partial charge on any atom is 0.251 e. The monoisotopic (exact) mass is 415 g/mol. The molecule has 0 aliphatic rings. The highest BCUT2D eigenvalue weighted by molar-refractivity contribution is 5.97. The van der Waals surface area contributed by atoms with Crippen LogP contribution in [0.1, 0.15) is 21.7 Å². The van der Waals surface area contributed by atoms with E-state index < -0.39 is 0 Å². The normalized spacial score (nSPS) is 10.8. The van der Waals surface area contributed by atoms with E-state index in [1.54, 1.807) is 14.2 Å². The zero-order chi connectivity index (χ0) is 21.8. The van der Waals surface area contributed by atoms with Gasteiger partial charge in [-0.25, -0.2) is 4.98 Å². The number of hydrogen-bond donors (Lipinski definition) is 1. The standard InChI is InChI=1S/C25H25N3O3/c1-17-27-21-16-19(10-11-22(21)28(17)20-7-5-4-6-8-20)25(29)26-14-13-18-9-12-23(30-2)24(15-18)31-3/h4-12,15-16H,13-14H2,1-3H3,(H,26,29). The Hall–Kier alpha value is -3.80. The van der Waals surface area contributed by atoms with Crippen LogP contribution in [-0.4, -0.2) is 36.2 Å². The van der Waals surface area contributed by atoms with Gasteiger partial charge < -0.3 is 14.8 Å². The molecule has 4 rings (SSSR count). The SMILES string of the molecule is COc1ccc(CCNC(=O)c2ccc3c(c2)nc(C)n3-c2ccccc2)cc1OC. The van der Waals surface area contributed by atoms with Gasteiger partial charge >= 0.3 is 0 Å². The number of hydrogen-bond acceptors (Lipinski definition) is 4. The molecule has 31 heavy (non-hydrogen) atoms. The van der Waals surface area contributed by atoms with Gasteiger partial charge in [0.05, 0.1) is 25.3 Å². The minimum atomic E-state index is -0.116. The van der Waals surface area contributed by atoms with Crippen LogP contribution < -0.4 is 14.8 Å². The first-order chi connectivity index (χ1) is 15.1. The molecular weight excluding hydrogens is 390 g/mol. The zero-order valence-electron chi connectivity index (χ0n) is 17.9. The average molecular weight is 415 g/mol. The number of nitrogens with zero attached hydrogens (tertiary/aromatic N) is 2. The van der Waals surface area contributed by atoms with E-state index in [2.05, 4.69) is 14.9 Å². The first-order valence-electron chi connectivity index (χ1n) is 10.1. The van der Waals surface area contributed by atoms with Crippen molar-refractivity contribution in [2.45, 2.75) is 13.3 Å². The lowest BCUT2D eigenvalue weighted by Gasteiger charge is -2.10. The van der Waals surface area contributed by atoms with Crippen LogP contribution in [0.4, 0.5) is 0 Å². The molecule has 1 N–H and O–H groups in total. The first kappa shape index (κ1) is 20.5. The average Bonchev–Trinajstić information content (AvgIpc) is 3.14. The van der Waals surface area contributed by atoms with Gasteiger partial charge in [0.1, 0.15) is 5.82 Å². The van der Waals surface area contributed by atoms with Gasteiger partial charge in [-0.05, 0) is 61.4 Å². The second-order valence-electron chi connectivity index (χ2n) is 7.23. The maximum atomic E-state index is 12.7. The summed E-state index contributed by atoms with van der Waals surface area (Å²) in [5.74, 6) is 2.14. The van der Waals surface area contributed by atoms with Gasteiger partial charge in [-0.15, -0.1) is 0 Å². The van der Waals surface area contributed by atoms with Crippen LogP contribution in [0.25, 0.3) is 16.7 Å². The number of nitrogens with one attached hydrogen (secondary N) is 1. The molecular formula is C25H25N3O3. The van der Waals surface area contributed by atoms with Gasteiger partial charge in [-0.2, -0.15) is 0 Å². The van der Waals surface area contributed by atoms with Crippen molar-refractivity contribution in [3.8, 4) is 17.2 Å². The maximum absolute atomic E-state index is 12.7. The van der Waals surface area contributed by atoms with Crippen molar-refractivity contribution >= 4 is 16.9 Å². The van der Waals surface area contributed by atoms with Crippen molar-refractivity contribution in [1.29, 1.82) is 0 Å². The predicted molar refractivity (Wildman–Crippen MR) is 121 cm³/mol. The molecule has 3 aromatic carbocycles. The van der Waals surface area contributed by atoms with Crippen molar-refractivity contribution in [2.75, 3.05) is 20.8 Å². The van der Waals surface area contributed by atoms with E-state index in [1.807, 2.05) is 73.7 Å². The summed E-state index contributed by atoms with van der Waals surface area (Å²) in [7, 11) is 3.22. The minimum Gasteiger partial charge on any atom is -0.493 e. The number of imidazole rings is 1. The van der Waals surface area contributed by atoms with Gasteiger partial charge in [0.2, 0.25) is 0 Å². The molecule has 0 aliphatic carbocycles. The number of aryl methyl sites for hydroxylation is 1. The van der Waals surface area contributed by atoms with Gasteiger partial charge in [0.15, 0.2) is 11.5 Å². The highest BCUT2D eigenvalue weighted by Gasteiger charge is 2.13. The van der Waals surface area contributed by atoms with E-state index in [9.17, 15) is 4.79 Å². The Kier molecular flexibility index (Phi) is 5.89. The molecule has 1 aromatic heterocycles. The summed E-state index contributed by atoms with van der Waals surface area (Å²) in [6.45, 7) is 2.49. The number of fused-ring (bicyclic) bond motifs is 1. The van der Waals surface area contributed by atoms with Gasteiger partial charge in [0, 0.05) is 17.8 Å². The molecule has 0 fully saturated rings. The summed E-state index contributed by atoms with van der Waals surface area (Å²) in [4.78, 5) is 17.3. The van der Waals surface area contributed by atoms with Gasteiger partial charge in [-0.1, -0.05) is 24.3 Å². The van der Waals surface area contributed by atoms with Gasteiger partial charge in [0.25, 0.3) is 5.91 Å². The minimum absolute atomic E-state index is 0.116. The number of carbonyl (C=O) groups is 1. The summed E-state index contributed by atoms with van der Waals surface area (Å²) in [6, 6.07) is 21.5. The van der Waals surface area contributed by atoms with Crippen molar-refractivity contribution < 1.29 is 14.3 Å². The van der Waals surface area contributed by atoms with Crippen molar-refractivity contribution in [3.05, 3.63) is 83.7 Å². The molecule has 0 spiro atoms. The molecule has 0 aliphatic heterocycles. The number of methoxy groups -OCH3 is 2. The first-order valence-corrected chi connectivity index (χ1v) is 10.1. The molecule has 0 saturated carbocycles. The van der Waals surface area contributed by atoms with Crippen LogP contribution in [0.2, 0.25) is 0 Å². The lowest BCUT2D eigenvalue weighted by atomic mass is 10.1. The third-order valence-electron chi connectivity index (χ3n) is 5.25. The second kappa shape index (κ2) is 8.92. The van der Waals surface area contributed by atoms with Crippen molar-refractivity contribution in [1.82, 2.24) is 14.9 Å². The van der Waals surface area contributed by atoms with Crippen LogP contribution in [0.3, 0.4) is 0 Å². The third-order valence-corrected chi connectivity index (χ3v) is 5.25. The molecule has 0 unspecified atom stereocenters. The largest absolute Gasteiger partial charge is 0.493 e. The quantitative estimate of drug-likeness (QED) is 0.488. The molecule has 6 heteroatoms. The summed E-state index contributed by atoms with van der Waals surface area (Å²) < 4.78 is 12.7. The Morgan fingerprint density at radius 3 is 2.48 bits per heavy atom. The van der Waals surface area contributed by atoms with Crippen LogP contribution in [0.15, 0.2) is 66.7 Å². The predicted octanol–water partition coefficient (Wildman–Crippen LogP) is 4.32. The Balaban J connectivity index is 1.46. The number of benzene rings is 3. The number of aromatic nitrogens is 2.